The van der Waals surface area contributed by atoms with E-state index in [4.69, 9.17) is 15.3 Å². The third kappa shape index (κ3) is 23.2. The number of carboxylic acid groups (broad SMARTS) is 2. The van der Waals surface area contributed by atoms with Crippen LogP contribution in [0.4, 0.5) is 0 Å². The Morgan fingerprint density at radius 3 is 1.58 bits per heavy atom. The Morgan fingerprint density at radius 1 is 1.33 bits per heavy atom. The summed E-state index contributed by atoms with van der Waals surface area (Å²) in [6.07, 6.45) is -1.17. The molecule has 6 heteroatoms. The van der Waals surface area contributed by atoms with Crippen molar-refractivity contribution in [3.05, 3.63) is 0 Å². The van der Waals surface area contributed by atoms with Crippen molar-refractivity contribution in [3.8, 4) is 0 Å². The first-order chi connectivity index (χ1) is 5.40. The monoisotopic (exact) mass is 179 g/mol. The average Bonchev–Trinajstić information content (AvgIpc) is 1.85. The second-order valence-corrected chi connectivity index (χ2v) is 1.93. The van der Waals surface area contributed by atoms with E-state index in [-0.39, 0.29) is 6.23 Å². The quantitative estimate of drug-likeness (QED) is 0.330. The van der Waals surface area contributed by atoms with Gasteiger partial charge in [-0.2, -0.15) is 0 Å². The Balaban J connectivity index is 0. The summed E-state index contributed by atoms with van der Waals surface area (Å²) in [4.78, 5) is 18.9. The molecule has 0 aromatic heterocycles. The van der Waals surface area contributed by atoms with Gasteiger partial charge in [0.1, 0.15) is 12.6 Å². The van der Waals surface area contributed by atoms with E-state index in [1.54, 1.807) is 14.0 Å². The van der Waals surface area contributed by atoms with E-state index in [1.165, 1.54) is 0 Å². The van der Waals surface area contributed by atoms with Gasteiger partial charge in [-0.15, -0.1) is 0 Å². The molecule has 0 aromatic rings. The third-order valence-electron chi connectivity index (χ3n) is 0.720. The first-order valence-electron chi connectivity index (χ1n) is 3.19. The highest BCUT2D eigenvalue weighted by Crippen LogP contribution is 1.74. The maximum absolute atomic E-state index is 9.43. The highest BCUT2D eigenvalue weighted by Gasteiger charge is 2.01. The number of hydrogen-bond donors (Lipinski definition) is 4. The zero-order valence-electron chi connectivity index (χ0n) is 6.94. The van der Waals surface area contributed by atoms with Crippen LogP contribution in [0.5, 0.6) is 0 Å². The molecule has 0 saturated heterocycles. The molecule has 0 saturated carbocycles. The van der Waals surface area contributed by atoms with Gasteiger partial charge in [0.05, 0.1) is 0 Å². The largest absolute Gasteiger partial charge is 0.481 e. The van der Waals surface area contributed by atoms with Crippen LogP contribution >= 0.6 is 0 Å². The van der Waals surface area contributed by atoms with Gasteiger partial charge < -0.3 is 15.3 Å². The summed E-state index contributed by atoms with van der Waals surface area (Å²) in [7, 11) is 1.70. The van der Waals surface area contributed by atoms with Gasteiger partial charge in [-0.05, 0) is 14.0 Å². The van der Waals surface area contributed by atoms with Crippen LogP contribution in [0.15, 0.2) is 0 Å². The summed E-state index contributed by atoms with van der Waals surface area (Å²) in [5.74, 6) is -2.62. The molecule has 0 aliphatic carbocycles. The fraction of sp³-hybridized carbons (Fsp3) is 0.667. The lowest BCUT2D eigenvalue weighted by Gasteiger charge is -1.94. The van der Waals surface area contributed by atoms with Crippen molar-refractivity contribution in [1.29, 1.82) is 0 Å². The molecule has 1 atom stereocenters. The van der Waals surface area contributed by atoms with Crippen molar-refractivity contribution < 1.29 is 24.9 Å². The Labute approximate surface area is 69.8 Å². The summed E-state index contributed by atoms with van der Waals surface area (Å²) in [5.41, 5.74) is 0. The summed E-state index contributed by atoms with van der Waals surface area (Å²) in [6.45, 7) is 1.67. The molecular formula is C6H13NO5. The van der Waals surface area contributed by atoms with Crippen LogP contribution in [0.1, 0.15) is 13.3 Å². The average molecular weight is 179 g/mol. The van der Waals surface area contributed by atoms with Crippen LogP contribution in [0.3, 0.4) is 0 Å². The lowest BCUT2D eigenvalue weighted by molar-refractivity contribution is -0.147. The van der Waals surface area contributed by atoms with Gasteiger partial charge in [0.2, 0.25) is 0 Å². The summed E-state index contributed by atoms with van der Waals surface area (Å²) >= 11 is 0. The van der Waals surface area contributed by atoms with Crippen molar-refractivity contribution in [2.75, 3.05) is 7.05 Å². The molecule has 0 rings (SSSR count). The van der Waals surface area contributed by atoms with Crippen LogP contribution < -0.4 is 5.32 Å². The second kappa shape index (κ2) is 7.96. The first kappa shape index (κ1) is 13.4. The topological polar surface area (TPSA) is 107 Å². The lowest BCUT2D eigenvalue weighted by atomic mass is 10.5. The SMILES string of the molecule is CNC(C)O.O=C(O)CC(=O)O. The van der Waals surface area contributed by atoms with E-state index in [0.717, 1.165) is 0 Å². The van der Waals surface area contributed by atoms with Crippen LogP contribution in [-0.2, 0) is 9.59 Å². The highest BCUT2D eigenvalue weighted by atomic mass is 16.4. The van der Waals surface area contributed by atoms with E-state index in [1.807, 2.05) is 0 Å². The summed E-state index contributed by atoms with van der Waals surface area (Å²) in [5, 5.41) is 26.2. The minimum Gasteiger partial charge on any atom is -0.481 e. The number of carbonyl (C=O) groups is 2. The van der Waals surface area contributed by atoms with E-state index in [9.17, 15) is 9.59 Å². The molecule has 0 amide bonds. The van der Waals surface area contributed by atoms with Crippen molar-refractivity contribution in [2.45, 2.75) is 19.6 Å². The predicted molar refractivity (Wildman–Crippen MR) is 40.6 cm³/mol. The fourth-order valence-electron chi connectivity index (χ4n) is 0.129. The summed E-state index contributed by atoms with van der Waals surface area (Å²) < 4.78 is 0. The number of rotatable bonds is 3. The van der Waals surface area contributed by atoms with Gasteiger partial charge >= 0.3 is 11.9 Å². The second-order valence-electron chi connectivity index (χ2n) is 1.93. The number of aliphatic hydroxyl groups is 1. The van der Waals surface area contributed by atoms with E-state index >= 15 is 0 Å². The number of aliphatic hydroxyl groups excluding tert-OH is 1. The first-order valence-corrected chi connectivity index (χ1v) is 3.19. The molecule has 0 heterocycles. The van der Waals surface area contributed by atoms with Crippen LogP contribution in [0.25, 0.3) is 0 Å². The third-order valence-corrected chi connectivity index (χ3v) is 0.720. The van der Waals surface area contributed by atoms with Crippen molar-refractivity contribution in [3.63, 3.8) is 0 Å². The Bertz CT molecular complexity index is 133. The Kier molecular flexibility index (Phi) is 8.92. The number of hydrogen-bond acceptors (Lipinski definition) is 4. The number of aliphatic carboxylic acids is 2. The van der Waals surface area contributed by atoms with Gasteiger partial charge in [-0.3, -0.25) is 14.9 Å². The van der Waals surface area contributed by atoms with Crippen LogP contribution in [0.2, 0.25) is 0 Å². The van der Waals surface area contributed by atoms with Gasteiger partial charge in [0.25, 0.3) is 0 Å². The molecule has 0 fully saturated rings. The molecular weight excluding hydrogens is 166 g/mol. The standard InChI is InChI=1S/C3H9NO.C3H4O4/c1-3(5)4-2;4-2(5)1-3(6)7/h3-5H,1-2H3;1H2,(H,4,5)(H,6,7). The lowest BCUT2D eigenvalue weighted by Crippen LogP contribution is -2.19. The van der Waals surface area contributed by atoms with E-state index < -0.39 is 18.4 Å². The smallest absolute Gasteiger partial charge is 0.314 e. The van der Waals surface area contributed by atoms with Crippen LogP contribution in [-0.4, -0.2) is 40.5 Å². The maximum Gasteiger partial charge on any atom is 0.314 e. The molecule has 6 nitrogen and oxygen atoms in total. The minimum absolute atomic E-state index is 0.366. The number of carboxylic acids is 2. The molecule has 72 valence electrons. The van der Waals surface area contributed by atoms with Gasteiger partial charge in [0, 0.05) is 0 Å². The van der Waals surface area contributed by atoms with Gasteiger partial charge in [-0.1, -0.05) is 0 Å². The molecule has 12 heavy (non-hydrogen) atoms. The highest BCUT2D eigenvalue weighted by molar-refractivity contribution is 5.88. The molecule has 0 aliphatic rings. The molecule has 0 radical (unpaired) electrons. The summed E-state index contributed by atoms with van der Waals surface area (Å²) in [6, 6.07) is 0. The van der Waals surface area contributed by atoms with E-state index in [0.29, 0.717) is 0 Å². The molecule has 0 aliphatic heterocycles. The Morgan fingerprint density at radius 2 is 1.58 bits per heavy atom. The Hall–Kier alpha value is -1.14. The van der Waals surface area contributed by atoms with E-state index in [2.05, 4.69) is 5.32 Å². The van der Waals surface area contributed by atoms with Crippen molar-refractivity contribution in [2.24, 2.45) is 0 Å². The van der Waals surface area contributed by atoms with Crippen LogP contribution in [0, 0.1) is 0 Å². The zero-order valence-corrected chi connectivity index (χ0v) is 6.94. The molecule has 1 unspecified atom stereocenters. The molecule has 0 aromatic carbocycles. The molecule has 0 spiro atoms. The minimum atomic E-state index is -1.31. The van der Waals surface area contributed by atoms with Gasteiger partial charge in [-0.25, -0.2) is 0 Å². The fourth-order valence-corrected chi connectivity index (χ4v) is 0.129. The maximum atomic E-state index is 9.43. The predicted octanol–water partition coefficient (Wildman–Crippen LogP) is -0.910. The van der Waals surface area contributed by atoms with Crippen molar-refractivity contribution in [1.82, 2.24) is 5.32 Å². The normalized spacial score (nSPS) is 10.9. The number of nitrogens with one attached hydrogen (secondary N) is 1. The zero-order chi connectivity index (χ0) is 10.1. The van der Waals surface area contributed by atoms with Gasteiger partial charge in [0.15, 0.2) is 0 Å². The molecule has 0 bridgehead atoms. The van der Waals surface area contributed by atoms with Crippen molar-refractivity contribution >= 4 is 11.9 Å². The molecule has 4 N–H and O–H groups in total.